The van der Waals surface area contributed by atoms with Gasteiger partial charge in [0.25, 0.3) is 0 Å². The zero-order valence-electron chi connectivity index (χ0n) is 13.9. The van der Waals surface area contributed by atoms with Crippen LogP contribution in [-0.2, 0) is 16.0 Å². The topological polar surface area (TPSA) is 61.9 Å². The van der Waals surface area contributed by atoms with E-state index in [2.05, 4.69) is 16.1 Å². The largest absolute Gasteiger partial charge is 0.467 e. The molecular weight excluding hydrogens is 306 g/mol. The van der Waals surface area contributed by atoms with Crippen molar-refractivity contribution in [3.8, 4) is 12.3 Å². The Labute approximate surface area is 142 Å². The van der Waals surface area contributed by atoms with Gasteiger partial charge in [0.15, 0.2) is 0 Å². The molecular formula is C18H23N3O3. The molecule has 1 aromatic rings. The van der Waals surface area contributed by atoms with Crippen molar-refractivity contribution in [1.29, 1.82) is 0 Å². The predicted molar refractivity (Wildman–Crippen MR) is 91.3 cm³/mol. The molecule has 0 aromatic heterocycles. The van der Waals surface area contributed by atoms with Crippen LogP contribution in [0.15, 0.2) is 30.3 Å². The molecule has 6 nitrogen and oxygen atoms in total. The van der Waals surface area contributed by atoms with Crippen LogP contribution in [0.25, 0.3) is 0 Å². The summed E-state index contributed by atoms with van der Waals surface area (Å²) in [5.41, 5.74) is 0.965. The number of methoxy groups -OCH3 is 1. The lowest BCUT2D eigenvalue weighted by Crippen LogP contribution is -2.55. The highest BCUT2D eigenvalue weighted by molar-refractivity contribution is 5.83. The van der Waals surface area contributed by atoms with E-state index in [0.717, 1.165) is 18.7 Å². The molecule has 0 unspecified atom stereocenters. The van der Waals surface area contributed by atoms with Crippen molar-refractivity contribution in [2.75, 3.05) is 39.8 Å². The van der Waals surface area contributed by atoms with Crippen molar-refractivity contribution in [3.05, 3.63) is 35.9 Å². The fraction of sp³-hybridized carbons (Fsp3) is 0.444. The molecule has 0 saturated carbocycles. The maximum Gasteiger partial charge on any atom is 0.328 e. The molecule has 0 radical (unpaired) electrons. The van der Waals surface area contributed by atoms with Crippen LogP contribution in [0.4, 0.5) is 4.79 Å². The Bertz CT molecular complexity index is 589. The Hall–Kier alpha value is -2.52. The van der Waals surface area contributed by atoms with Crippen LogP contribution >= 0.6 is 0 Å². The molecule has 6 heteroatoms. The predicted octanol–water partition coefficient (Wildman–Crippen LogP) is 0.731. The van der Waals surface area contributed by atoms with Crippen molar-refractivity contribution in [2.24, 2.45) is 0 Å². The second-order valence-electron chi connectivity index (χ2n) is 5.68. The van der Waals surface area contributed by atoms with Crippen LogP contribution < -0.4 is 5.32 Å². The van der Waals surface area contributed by atoms with E-state index in [1.807, 2.05) is 30.3 Å². The minimum absolute atomic E-state index is 0.248. The van der Waals surface area contributed by atoms with Crippen LogP contribution in [0.2, 0.25) is 0 Å². The first-order valence-electron chi connectivity index (χ1n) is 7.97. The third-order valence-electron chi connectivity index (χ3n) is 4.04. The van der Waals surface area contributed by atoms with Crippen LogP contribution in [0.3, 0.4) is 0 Å². The molecule has 1 N–H and O–H groups in total. The minimum atomic E-state index is -0.700. The molecule has 0 bridgehead atoms. The van der Waals surface area contributed by atoms with Gasteiger partial charge in [0.1, 0.15) is 6.04 Å². The summed E-state index contributed by atoms with van der Waals surface area (Å²) < 4.78 is 4.82. The maximum absolute atomic E-state index is 12.4. The maximum atomic E-state index is 12.4. The van der Waals surface area contributed by atoms with E-state index in [9.17, 15) is 9.59 Å². The summed E-state index contributed by atoms with van der Waals surface area (Å²) in [6.45, 7) is 3.24. The standard InChI is InChI=1S/C18H23N3O3/c1-3-9-20-10-12-21(13-11-20)18(23)19-16(17(22)24-2)14-15-7-5-4-6-8-15/h1,4-8,16H,9-14H2,2H3,(H,19,23)/t16-/m0/s1. The summed E-state index contributed by atoms with van der Waals surface area (Å²) in [5, 5.41) is 2.79. The molecule has 1 heterocycles. The first kappa shape index (κ1) is 17.8. The number of carbonyl (C=O) groups is 2. The first-order valence-corrected chi connectivity index (χ1v) is 7.97. The van der Waals surface area contributed by atoms with Crippen molar-refractivity contribution >= 4 is 12.0 Å². The minimum Gasteiger partial charge on any atom is -0.467 e. The molecule has 0 spiro atoms. The van der Waals surface area contributed by atoms with E-state index in [1.165, 1.54) is 7.11 Å². The Morgan fingerprint density at radius 2 is 1.92 bits per heavy atom. The lowest BCUT2D eigenvalue weighted by atomic mass is 10.1. The Morgan fingerprint density at radius 3 is 2.50 bits per heavy atom. The molecule has 2 rings (SSSR count). The van der Waals surface area contributed by atoms with Gasteiger partial charge < -0.3 is 15.0 Å². The number of esters is 1. The van der Waals surface area contributed by atoms with E-state index < -0.39 is 12.0 Å². The normalized spacial score (nSPS) is 16.1. The second-order valence-corrected chi connectivity index (χ2v) is 5.68. The van der Waals surface area contributed by atoms with Crippen LogP contribution in [-0.4, -0.2) is 67.7 Å². The Kier molecular flexibility index (Phi) is 6.64. The summed E-state index contributed by atoms with van der Waals surface area (Å²) in [4.78, 5) is 28.2. The molecule has 1 aliphatic rings. The van der Waals surface area contributed by atoms with Gasteiger partial charge in [-0.1, -0.05) is 36.3 Å². The number of carbonyl (C=O) groups excluding carboxylic acids is 2. The lowest BCUT2D eigenvalue weighted by molar-refractivity contribution is -0.142. The van der Waals surface area contributed by atoms with Gasteiger partial charge in [0, 0.05) is 32.6 Å². The van der Waals surface area contributed by atoms with Gasteiger partial charge in [-0.15, -0.1) is 6.42 Å². The van der Waals surface area contributed by atoms with Gasteiger partial charge >= 0.3 is 12.0 Å². The van der Waals surface area contributed by atoms with Gasteiger partial charge in [-0.05, 0) is 5.56 Å². The fourth-order valence-electron chi connectivity index (χ4n) is 2.66. The zero-order valence-corrected chi connectivity index (χ0v) is 13.9. The number of piperazine rings is 1. The second kappa shape index (κ2) is 8.94. The monoisotopic (exact) mass is 329 g/mol. The van der Waals surface area contributed by atoms with E-state index in [0.29, 0.717) is 26.1 Å². The van der Waals surface area contributed by atoms with Gasteiger partial charge in [-0.2, -0.15) is 0 Å². The first-order chi connectivity index (χ1) is 11.6. The van der Waals surface area contributed by atoms with E-state index in [-0.39, 0.29) is 6.03 Å². The highest BCUT2D eigenvalue weighted by Gasteiger charge is 2.26. The van der Waals surface area contributed by atoms with Crippen molar-refractivity contribution < 1.29 is 14.3 Å². The van der Waals surface area contributed by atoms with Crippen molar-refractivity contribution in [2.45, 2.75) is 12.5 Å². The summed E-state index contributed by atoms with van der Waals surface area (Å²) in [5.74, 6) is 2.16. The van der Waals surface area contributed by atoms with Crippen molar-refractivity contribution in [1.82, 2.24) is 15.1 Å². The van der Waals surface area contributed by atoms with Crippen LogP contribution in [0, 0.1) is 12.3 Å². The van der Waals surface area contributed by atoms with Crippen molar-refractivity contribution in [3.63, 3.8) is 0 Å². The molecule has 2 amide bonds. The number of nitrogens with zero attached hydrogens (tertiary/aromatic N) is 2. The third kappa shape index (κ3) is 5.00. The average Bonchev–Trinajstić information content (AvgIpc) is 2.62. The third-order valence-corrected chi connectivity index (χ3v) is 4.04. The number of nitrogens with one attached hydrogen (secondary N) is 1. The summed E-state index contributed by atoms with van der Waals surface area (Å²) in [6, 6.07) is 8.59. The zero-order chi connectivity index (χ0) is 17.4. The Morgan fingerprint density at radius 1 is 1.25 bits per heavy atom. The summed E-state index contributed by atoms with van der Waals surface area (Å²) in [6.07, 6.45) is 5.70. The van der Waals surface area contributed by atoms with Gasteiger partial charge in [0.05, 0.1) is 13.7 Å². The quantitative estimate of drug-likeness (QED) is 0.639. The highest BCUT2D eigenvalue weighted by atomic mass is 16.5. The number of hydrogen-bond donors (Lipinski definition) is 1. The molecule has 1 saturated heterocycles. The number of benzene rings is 1. The Balaban J connectivity index is 1.93. The van der Waals surface area contributed by atoms with E-state index in [4.69, 9.17) is 11.2 Å². The highest BCUT2D eigenvalue weighted by Crippen LogP contribution is 2.07. The van der Waals surface area contributed by atoms with Gasteiger partial charge in [-0.25, -0.2) is 9.59 Å². The summed E-state index contributed by atoms with van der Waals surface area (Å²) >= 11 is 0. The molecule has 1 fully saturated rings. The average molecular weight is 329 g/mol. The van der Waals surface area contributed by atoms with Gasteiger partial charge in [0.2, 0.25) is 0 Å². The van der Waals surface area contributed by atoms with E-state index >= 15 is 0 Å². The number of amides is 2. The molecule has 128 valence electrons. The molecule has 1 aromatic carbocycles. The molecule has 1 aliphatic heterocycles. The SMILES string of the molecule is C#CCN1CCN(C(=O)N[C@@H](Cc2ccccc2)C(=O)OC)CC1. The fourth-order valence-corrected chi connectivity index (χ4v) is 2.66. The summed E-state index contributed by atoms with van der Waals surface area (Å²) in [7, 11) is 1.32. The molecule has 24 heavy (non-hydrogen) atoms. The number of rotatable bonds is 5. The molecule has 0 aliphatic carbocycles. The van der Waals surface area contributed by atoms with Crippen LogP contribution in [0.1, 0.15) is 5.56 Å². The number of ether oxygens (including phenoxy) is 1. The number of terminal acetylenes is 1. The lowest BCUT2D eigenvalue weighted by Gasteiger charge is -2.34. The number of urea groups is 1. The van der Waals surface area contributed by atoms with Gasteiger partial charge in [-0.3, -0.25) is 4.90 Å². The van der Waals surface area contributed by atoms with Crippen LogP contribution in [0.5, 0.6) is 0 Å². The van der Waals surface area contributed by atoms with E-state index in [1.54, 1.807) is 4.90 Å². The molecule has 1 atom stereocenters. The number of hydrogen-bond acceptors (Lipinski definition) is 4. The smallest absolute Gasteiger partial charge is 0.328 e.